The fourth-order valence-electron chi connectivity index (χ4n) is 2.45. The second-order valence-corrected chi connectivity index (χ2v) is 5.89. The Morgan fingerprint density at radius 3 is 2.82 bits per heavy atom. The van der Waals surface area contributed by atoms with E-state index in [1.807, 2.05) is 34.9 Å². The number of para-hydroxylation sites is 1. The molecule has 2 aromatic carbocycles. The lowest BCUT2D eigenvalue weighted by Gasteiger charge is -2.02. The predicted octanol–water partition coefficient (Wildman–Crippen LogP) is 3.62. The third-order valence-electron chi connectivity index (χ3n) is 3.52. The summed E-state index contributed by atoms with van der Waals surface area (Å²) >= 11 is 1.58. The quantitative estimate of drug-likeness (QED) is 0.593. The molecule has 22 heavy (non-hydrogen) atoms. The molecule has 0 aliphatic rings. The molecule has 0 radical (unpaired) electrons. The molecule has 0 spiro atoms. The first-order chi connectivity index (χ1) is 10.6. The zero-order valence-corrected chi connectivity index (χ0v) is 12.0. The standard InChI is InChI=1S/C16H10N2O3S/c19-13-6-5-9(7-10(13)15(20)21)11-8-18-12-3-1-2-4-14(12)22-16(18)17-11/h1-8,19H,(H,20,21). The van der Waals surface area contributed by atoms with Crippen LogP contribution in [0.3, 0.4) is 0 Å². The topological polar surface area (TPSA) is 74.8 Å². The van der Waals surface area contributed by atoms with Crippen LogP contribution in [0.5, 0.6) is 5.75 Å². The molecule has 0 saturated carbocycles. The van der Waals surface area contributed by atoms with Gasteiger partial charge < -0.3 is 10.2 Å². The average Bonchev–Trinajstić information content (AvgIpc) is 3.05. The van der Waals surface area contributed by atoms with E-state index in [4.69, 9.17) is 5.11 Å². The van der Waals surface area contributed by atoms with Crippen LogP contribution in [0.15, 0.2) is 48.7 Å². The Morgan fingerprint density at radius 1 is 1.18 bits per heavy atom. The molecule has 2 aromatic heterocycles. The summed E-state index contributed by atoms with van der Waals surface area (Å²) < 4.78 is 3.14. The van der Waals surface area contributed by atoms with Gasteiger partial charge in [-0.1, -0.05) is 23.5 Å². The zero-order valence-electron chi connectivity index (χ0n) is 11.2. The third kappa shape index (κ3) is 1.85. The Labute approximate surface area is 128 Å². The van der Waals surface area contributed by atoms with Gasteiger partial charge in [-0.25, -0.2) is 9.78 Å². The highest BCUT2D eigenvalue weighted by Crippen LogP contribution is 2.30. The van der Waals surface area contributed by atoms with Gasteiger partial charge in [-0.15, -0.1) is 0 Å². The maximum atomic E-state index is 11.1. The summed E-state index contributed by atoms with van der Waals surface area (Å²) in [7, 11) is 0. The number of carboxylic acid groups (broad SMARTS) is 1. The number of thiazole rings is 1. The highest BCUT2D eigenvalue weighted by Gasteiger charge is 2.14. The van der Waals surface area contributed by atoms with Crippen molar-refractivity contribution in [1.29, 1.82) is 0 Å². The molecular weight excluding hydrogens is 300 g/mol. The minimum absolute atomic E-state index is 0.126. The summed E-state index contributed by atoms with van der Waals surface area (Å²) in [5, 5.41) is 18.7. The van der Waals surface area contributed by atoms with Crippen molar-refractivity contribution in [3.8, 4) is 17.0 Å². The van der Waals surface area contributed by atoms with Crippen molar-refractivity contribution in [3.63, 3.8) is 0 Å². The number of aromatic hydroxyl groups is 1. The maximum Gasteiger partial charge on any atom is 0.339 e. The number of hydrogen-bond acceptors (Lipinski definition) is 4. The van der Waals surface area contributed by atoms with Gasteiger partial charge in [0.2, 0.25) is 0 Å². The first-order valence-electron chi connectivity index (χ1n) is 6.57. The van der Waals surface area contributed by atoms with Crippen molar-refractivity contribution < 1.29 is 15.0 Å². The normalized spacial score (nSPS) is 11.3. The molecule has 0 saturated heterocycles. The molecule has 108 valence electrons. The Kier molecular flexibility index (Phi) is 2.67. The molecule has 6 heteroatoms. The van der Waals surface area contributed by atoms with Gasteiger partial charge in [0, 0.05) is 11.8 Å². The summed E-state index contributed by atoms with van der Waals surface area (Å²) in [6.45, 7) is 0. The van der Waals surface area contributed by atoms with Gasteiger partial charge in [0.1, 0.15) is 11.3 Å². The number of carboxylic acids is 1. The number of hydrogen-bond donors (Lipinski definition) is 2. The van der Waals surface area contributed by atoms with Crippen LogP contribution in [-0.2, 0) is 0 Å². The zero-order chi connectivity index (χ0) is 15.3. The molecule has 5 nitrogen and oxygen atoms in total. The van der Waals surface area contributed by atoms with E-state index >= 15 is 0 Å². The lowest BCUT2D eigenvalue weighted by Crippen LogP contribution is -1.97. The highest BCUT2D eigenvalue weighted by atomic mass is 32.1. The molecule has 0 aliphatic carbocycles. The van der Waals surface area contributed by atoms with Crippen LogP contribution >= 0.6 is 11.3 Å². The lowest BCUT2D eigenvalue weighted by atomic mass is 10.1. The monoisotopic (exact) mass is 310 g/mol. The smallest absolute Gasteiger partial charge is 0.339 e. The van der Waals surface area contributed by atoms with Crippen LogP contribution in [0, 0.1) is 0 Å². The Morgan fingerprint density at radius 2 is 2.00 bits per heavy atom. The molecule has 2 N–H and O–H groups in total. The van der Waals surface area contributed by atoms with Crippen molar-refractivity contribution in [2.75, 3.05) is 0 Å². The van der Waals surface area contributed by atoms with Crippen molar-refractivity contribution in [2.24, 2.45) is 0 Å². The van der Waals surface area contributed by atoms with Gasteiger partial charge in [-0.05, 0) is 30.3 Å². The van der Waals surface area contributed by atoms with Crippen molar-refractivity contribution in [1.82, 2.24) is 9.38 Å². The van der Waals surface area contributed by atoms with Crippen LogP contribution in [0.2, 0.25) is 0 Å². The number of imidazole rings is 1. The maximum absolute atomic E-state index is 11.1. The van der Waals surface area contributed by atoms with E-state index in [2.05, 4.69) is 4.98 Å². The molecule has 0 atom stereocenters. The third-order valence-corrected chi connectivity index (χ3v) is 4.56. The highest BCUT2D eigenvalue weighted by molar-refractivity contribution is 7.23. The fourth-order valence-corrected chi connectivity index (χ4v) is 3.46. The van der Waals surface area contributed by atoms with Crippen LogP contribution < -0.4 is 0 Å². The van der Waals surface area contributed by atoms with Crippen LogP contribution in [0.1, 0.15) is 10.4 Å². The summed E-state index contributed by atoms with van der Waals surface area (Å²) in [5.74, 6) is -1.41. The van der Waals surface area contributed by atoms with Gasteiger partial charge in [0.05, 0.1) is 15.9 Å². The average molecular weight is 310 g/mol. The van der Waals surface area contributed by atoms with Crippen molar-refractivity contribution >= 4 is 32.5 Å². The molecule has 4 rings (SSSR count). The lowest BCUT2D eigenvalue weighted by molar-refractivity contribution is 0.0694. The molecule has 0 amide bonds. The van der Waals surface area contributed by atoms with Gasteiger partial charge in [0.25, 0.3) is 0 Å². The second-order valence-electron chi connectivity index (χ2n) is 4.89. The number of aromatic nitrogens is 2. The molecule has 2 heterocycles. The van der Waals surface area contributed by atoms with E-state index in [1.54, 1.807) is 17.4 Å². The number of fused-ring (bicyclic) bond motifs is 3. The van der Waals surface area contributed by atoms with Crippen LogP contribution in [-0.4, -0.2) is 25.6 Å². The van der Waals surface area contributed by atoms with E-state index in [0.29, 0.717) is 11.3 Å². The minimum Gasteiger partial charge on any atom is -0.507 e. The van der Waals surface area contributed by atoms with Gasteiger partial charge in [-0.2, -0.15) is 0 Å². The van der Waals surface area contributed by atoms with Crippen molar-refractivity contribution in [3.05, 3.63) is 54.2 Å². The first kappa shape index (κ1) is 12.8. The largest absolute Gasteiger partial charge is 0.507 e. The van der Waals surface area contributed by atoms with E-state index in [-0.39, 0.29) is 11.3 Å². The number of rotatable bonds is 2. The Bertz CT molecular complexity index is 1030. The number of aromatic carboxylic acids is 1. The number of phenols is 1. The second kappa shape index (κ2) is 4.57. The Balaban J connectivity index is 1.91. The van der Waals surface area contributed by atoms with Crippen LogP contribution in [0.4, 0.5) is 0 Å². The molecule has 0 bridgehead atoms. The number of benzene rings is 2. The fraction of sp³-hybridized carbons (Fsp3) is 0. The molecule has 0 unspecified atom stereocenters. The van der Waals surface area contributed by atoms with Crippen LogP contribution in [0.25, 0.3) is 26.4 Å². The summed E-state index contributed by atoms with van der Waals surface area (Å²) in [6.07, 6.45) is 1.88. The van der Waals surface area contributed by atoms with Crippen molar-refractivity contribution in [2.45, 2.75) is 0 Å². The van der Waals surface area contributed by atoms with Gasteiger partial charge in [-0.3, -0.25) is 4.40 Å². The van der Waals surface area contributed by atoms with E-state index in [1.165, 1.54) is 12.1 Å². The molecule has 0 fully saturated rings. The number of carbonyl (C=O) groups is 1. The summed E-state index contributed by atoms with van der Waals surface area (Å²) in [4.78, 5) is 16.5. The first-order valence-corrected chi connectivity index (χ1v) is 7.38. The number of nitrogens with zero attached hydrogens (tertiary/aromatic N) is 2. The predicted molar refractivity (Wildman–Crippen MR) is 84.6 cm³/mol. The minimum atomic E-state index is -1.16. The molecule has 4 aromatic rings. The summed E-state index contributed by atoms with van der Waals surface area (Å²) in [5.41, 5.74) is 2.28. The Hall–Kier alpha value is -2.86. The van der Waals surface area contributed by atoms with E-state index in [9.17, 15) is 9.90 Å². The van der Waals surface area contributed by atoms with Gasteiger partial charge >= 0.3 is 5.97 Å². The molecular formula is C16H10N2O3S. The summed E-state index contributed by atoms with van der Waals surface area (Å²) in [6, 6.07) is 12.5. The SMILES string of the molecule is O=C(O)c1cc(-c2cn3c(n2)sc2ccccc23)ccc1O. The molecule has 0 aliphatic heterocycles. The van der Waals surface area contributed by atoms with E-state index in [0.717, 1.165) is 15.2 Å². The van der Waals surface area contributed by atoms with E-state index < -0.39 is 5.97 Å². The van der Waals surface area contributed by atoms with Gasteiger partial charge in [0.15, 0.2) is 4.96 Å².